The van der Waals surface area contributed by atoms with Gasteiger partial charge in [0.2, 0.25) is 5.91 Å². The molecule has 9 heteroatoms. The lowest BCUT2D eigenvalue weighted by Gasteiger charge is -2.34. The van der Waals surface area contributed by atoms with Gasteiger partial charge in [0.15, 0.2) is 16.6 Å². The molecule has 3 aromatic rings. The van der Waals surface area contributed by atoms with E-state index in [0.717, 1.165) is 28.6 Å². The van der Waals surface area contributed by atoms with Crippen LogP contribution in [0.4, 0.5) is 5.13 Å². The maximum Gasteiger partial charge on any atom is 0.222 e. The molecule has 1 aliphatic rings. The van der Waals surface area contributed by atoms with Gasteiger partial charge in [-0.2, -0.15) is 5.26 Å². The van der Waals surface area contributed by atoms with Gasteiger partial charge in [0.25, 0.3) is 0 Å². The summed E-state index contributed by atoms with van der Waals surface area (Å²) in [6, 6.07) is 11.0. The number of pyridine rings is 1. The number of amides is 1. The van der Waals surface area contributed by atoms with Gasteiger partial charge in [-0.3, -0.25) is 4.79 Å². The highest BCUT2D eigenvalue weighted by atomic mass is 32.1. The molecule has 0 bridgehead atoms. The van der Waals surface area contributed by atoms with E-state index in [0.29, 0.717) is 49.6 Å². The molecule has 1 saturated heterocycles. The second-order valence-electron chi connectivity index (χ2n) is 7.12. The third kappa shape index (κ3) is 4.86. The SMILES string of the molecule is COc1cc(C#N)ccc1OCCCC(=O)N1CCN(c2nc3cccnc3s2)CC1. The Kier molecular flexibility index (Phi) is 6.48. The number of methoxy groups -OCH3 is 1. The predicted molar refractivity (Wildman–Crippen MR) is 119 cm³/mol. The quantitative estimate of drug-likeness (QED) is 0.525. The van der Waals surface area contributed by atoms with Crippen LogP contribution in [0.2, 0.25) is 0 Å². The highest BCUT2D eigenvalue weighted by Crippen LogP contribution is 2.29. The van der Waals surface area contributed by atoms with E-state index in [1.807, 2.05) is 17.0 Å². The van der Waals surface area contributed by atoms with Crippen molar-refractivity contribution >= 4 is 32.7 Å². The van der Waals surface area contributed by atoms with Crippen molar-refractivity contribution in [3.05, 3.63) is 42.1 Å². The summed E-state index contributed by atoms with van der Waals surface area (Å²) >= 11 is 1.59. The van der Waals surface area contributed by atoms with Crippen molar-refractivity contribution in [2.75, 3.05) is 44.8 Å². The number of hydrogen-bond donors (Lipinski definition) is 0. The third-order valence-corrected chi connectivity index (χ3v) is 6.18. The van der Waals surface area contributed by atoms with Crippen molar-refractivity contribution in [1.82, 2.24) is 14.9 Å². The molecule has 8 nitrogen and oxygen atoms in total. The molecular formula is C22H23N5O3S. The molecule has 0 radical (unpaired) electrons. The average Bonchev–Trinajstić information content (AvgIpc) is 3.26. The smallest absolute Gasteiger partial charge is 0.222 e. The van der Waals surface area contributed by atoms with E-state index in [1.54, 1.807) is 35.7 Å². The Morgan fingerprint density at radius 1 is 1.23 bits per heavy atom. The molecule has 1 amide bonds. The summed E-state index contributed by atoms with van der Waals surface area (Å²) < 4.78 is 11.0. The first-order valence-electron chi connectivity index (χ1n) is 10.1. The number of fused-ring (bicyclic) bond motifs is 1. The average molecular weight is 438 g/mol. The molecule has 1 aliphatic heterocycles. The molecule has 1 fully saturated rings. The van der Waals surface area contributed by atoms with E-state index < -0.39 is 0 Å². The van der Waals surface area contributed by atoms with Gasteiger partial charge in [-0.25, -0.2) is 9.97 Å². The Hall–Kier alpha value is -3.38. The predicted octanol–water partition coefficient (Wildman–Crippen LogP) is 3.08. The standard InChI is InChI=1S/C22H23N5O3S/c1-29-19-14-16(15-23)6-7-18(19)30-13-3-5-20(28)26-9-11-27(12-10-26)22-25-17-4-2-8-24-21(17)31-22/h2,4,6-8,14H,3,5,9-13H2,1H3. The van der Waals surface area contributed by atoms with Crippen molar-refractivity contribution in [3.8, 4) is 17.6 Å². The van der Waals surface area contributed by atoms with E-state index in [9.17, 15) is 4.79 Å². The lowest BCUT2D eigenvalue weighted by molar-refractivity contribution is -0.131. The highest BCUT2D eigenvalue weighted by molar-refractivity contribution is 7.21. The van der Waals surface area contributed by atoms with Crippen LogP contribution < -0.4 is 14.4 Å². The van der Waals surface area contributed by atoms with Crippen molar-refractivity contribution in [3.63, 3.8) is 0 Å². The summed E-state index contributed by atoms with van der Waals surface area (Å²) in [5.41, 5.74) is 1.43. The molecule has 3 heterocycles. The lowest BCUT2D eigenvalue weighted by atomic mass is 10.2. The topological polar surface area (TPSA) is 91.6 Å². The summed E-state index contributed by atoms with van der Waals surface area (Å²) in [7, 11) is 1.54. The molecule has 0 N–H and O–H groups in total. The molecule has 0 atom stereocenters. The number of hydrogen-bond acceptors (Lipinski definition) is 8. The van der Waals surface area contributed by atoms with E-state index in [2.05, 4.69) is 20.9 Å². The van der Waals surface area contributed by atoms with Crippen LogP contribution >= 0.6 is 11.3 Å². The van der Waals surface area contributed by atoms with E-state index in [4.69, 9.17) is 14.7 Å². The molecule has 0 unspecified atom stereocenters. The number of piperazine rings is 1. The Morgan fingerprint density at radius 2 is 2.06 bits per heavy atom. The van der Waals surface area contributed by atoms with Crippen molar-refractivity contribution in [1.29, 1.82) is 5.26 Å². The first-order chi connectivity index (χ1) is 15.2. The number of carbonyl (C=O) groups excluding carboxylic acids is 1. The van der Waals surface area contributed by atoms with Gasteiger partial charge in [0, 0.05) is 44.9 Å². The van der Waals surface area contributed by atoms with Gasteiger partial charge in [-0.05, 0) is 30.7 Å². The van der Waals surface area contributed by atoms with Crippen LogP contribution in [-0.2, 0) is 4.79 Å². The number of rotatable bonds is 7. The lowest BCUT2D eigenvalue weighted by Crippen LogP contribution is -2.48. The fourth-order valence-corrected chi connectivity index (χ4v) is 4.42. The Bertz CT molecular complexity index is 1070. The molecule has 0 spiro atoms. The summed E-state index contributed by atoms with van der Waals surface area (Å²) in [5, 5.41) is 9.93. The molecule has 2 aromatic heterocycles. The van der Waals surface area contributed by atoms with Crippen LogP contribution in [0.15, 0.2) is 36.5 Å². The Morgan fingerprint density at radius 3 is 2.81 bits per heavy atom. The molecule has 1 aromatic carbocycles. The molecule has 160 valence electrons. The van der Waals surface area contributed by atoms with Gasteiger partial charge >= 0.3 is 0 Å². The maximum atomic E-state index is 12.6. The second kappa shape index (κ2) is 9.62. The van der Waals surface area contributed by atoms with Crippen molar-refractivity contribution in [2.45, 2.75) is 12.8 Å². The third-order valence-electron chi connectivity index (χ3n) is 5.14. The van der Waals surface area contributed by atoms with Crippen molar-refractivity contribution < 1.29 is 14.3 Å². The van der Waals surface area contributed by atoms with E-state index in [-0.39, 0.29) is 5.91 Å². The minimum absolute atomic E-state index is 0.140. The van der Waals surface area contributed by atoms with Crippen LogP contribution in [0.25, 0.3) is 10.3 Å². The highest BCUT2D eigenvalue weighted by Gasteiger charge is 2.23. The minimum Gasteiger partial charge on any atom is -0.493 e. The normalized spacial score (nSPS) is 13.8. The minimum atomic E-state index is 0.140. The number of ether oxygens (including phenoxy) is 2. The zero-order valence-electron chi connectivity index (χ0n) is 17.3. The molecule has 0 aliphatic carbocycles. The fourth-order valence-electron chi connectivity index (χ4n) is 3.46. The summed E-state index contributed by atoms with van der Waals surface area (Å²) in [6.45, 7) is 3.32. The fraction of sp³-hybridized carbons (Fsp3) is 0.364. The van der Waals surface area contributed by atoms with Crippen LogP contribution in [-0.4, -0.2) is 60.7 Å². The number of anilines is 1. The molecule has 0 saturated carbocycles. The summed E-state index contributed by atoms with van der Waals surface area (Å²) in [5.74, 6) is 1.24. The van der Waals surface area contributed by atoms with Crippen LogP contribution in [0.5, 0.6) is 11.5 Å². The summed E-state index contributed by atoms with van der Waals surface area (Å²) in [4.78, 5) is 26.6. The van der Waals surface area contributed by atoms with Gasteiger partial charge < -0.3 is 19.3 Å². The van der Waals surface area contributed by atoms with Gasteiger partial charge in [0.1, 0.15) is 10.3 Å². The van der Waals surface area contributed by atoms with Gasteiger partial charge in [-0.1, -0.05) is 11.3 Å². The van der Waals surface area contributed by atoms with Crippen molar-refractivity contribution in [2.24, 2.45) is 0 Å². The zero-order chi connectivity index (χ0) is 21.6. The second-order valence-corrected chi connectivity index (χ2v) is 8.08. The molecular weight excluding hydrogens is 414 g/mol. The number of nitriles is 1. The first kappa shape index (κ1) is 20.9. The first-order valence-corrected chi connectivity index (χ1v) is 10.9. The molecule has 4 rings (SSSR count). The van der Waals surface area contributed by atoms with Crippen LogP contribution in [0.3, 0.4) is 0 Å². The monoisotopic (exact) mass is 437 g/mol. The van der Waals surface area contributed by atoms with Crippen LogP contribution in [0, 0.1) is 11.3 Å². The Balaban J connectivity index is 1.22. The van der Waals surface area contributed by atoms with E-state index in [1.165, 1.54) is 7.11 Å². The Labute approximate surface area is 184 Å². The zero-order valence-corrected chi connectivity index (χ0v) is 18.1. The van der Waals surface area contributed by atoms with Gasteiger partial charge in [0.05, 0.1) is 25.3 Å². The van der Waals surface area contributed by atoms with Gasteiger partial charge in [-0.15, -0.1) is 0 Å². The number of thiazole rings is 1. The molecule has 31 heavy (non-hydrogen) atoms. The van der Waals surface area contributed by atoms with E-state index >= 15 is 0 Å². The number of aromatic nitrogens is 2. The maximum absolute atomic E-state index is 12.6. The van der Waals surface area contributed by atoms with Crippen LogP contribution in [0.1, 0.15) is 18.4 Å². The number of benzene rings is 1. The number of carbonyl (C=O) groups is 1. The number of nitrogens with zero attached hydrogens (tertiary/aromatic N) is 5. The largest absolute Gasteiger partial charge is 0.493 e. The summed E-state index contributed by atoms with van der Waals surface area (Å²) in [6.07, 6.45) is 2.83.